The molecule has 0 radical (unpaired) electrons. The van der Waals surface area contributed by atoms with Gasteiger partial charge in [0.1, 0.15) is 0 Å². The van der Waals surface area contributed by atoms with Gasteiger partial charge in [0.05, 0.1) is 30.2 Å². The van der Waals surface area contributed by atoms with Gasteiger partial charge in [-0.05, 0) is 37.5 Å². The van der Waals surface area contributed by atoms with Crippen LogP contribution in [0.1, 0.15) is 51.9 Å². The van der Waals surface area contributed by atoms with Crippen molar-refractivity contribution in [3.8, 4) is 0 Å². The predicted octanol–water partition coefficient (Wildman–Crippen LogP) is 1.92. The number of carbonyl (C=O) groups excluding carboxylic acids is 2. The number of fused-ring (bicyclic) bond motifs is 1. The number of aromatic nitrogens is 2. The third-order valence-electron chi connectivity index (χ3n) is 5.73. The number of nitrogens with zero attached hydrogens (tertiary/aromatic N) is 3. The van der Waals surface area contributed by atoms with Crippen LogP contribution < -0.4 is 5.32 Å². The van der Waals surface area contributed by atoms with E-state index in [0.717, 1.165) is 30.6 Å². The van der Waals surface area contributed by atoms with Crippen molar-refractivity contribution in [2.45, 2.75) is 44.4 Å². The molecule has 27 heavy (non-hydrogen) atoms. The van der Waals surface area contributed by atoms with Gasteiger partial charge in [-0.2, -0.15) is 0 Å². The highest BCUT2D eigenvalue weighted by atomic mass is 16.5. The van der Waals surface area contributed by atoms with E-state index in [-0.39, 0.29) is 17.4 Å². The second kappa shape index (κ2) is 6.49. The molecule has 1 saturated carbocycles. The molecule has 1 aliphatic heterocycles. The summed E-state index contributed by atoms with van der Waals surface area (Å²) in [6.07, 6.45) is 3.49. The molecule has 1 N–H and O–H groups in total. The molecule has 1 fully saturated rings. The van der Waals surface area contributed by atoms with Crippen LogP contribution in [0.5, 0.6) is 0 Å². The molecule has 1 aromatic heterocycles. The number of methoxy groups -OCH3 is 1. The van der Waals surface area contributed by atoms with E-state index in [0.29, 0.717) is 23.8 Å². The van der Waals surface area contributed by atoms with Crippen LogP contribution in [-0.2, 0) is 23.4 Å². The second-order valence-corrected chi connectivity index (χ2v) is 7.44. The first-order chi connectivity index (χ1) is 13.0. The summed E-state index contributed by atoms with van der Waals surface area (Å²) in [4.78, 5) is 31.3. The van der Waals surface area contributed by atoms with Gasteiger partial charge in [-0.3, -0.25) is 4.79 Å². The molecule has 0 saturated heterocycles. The number of benzene rings is 1. The maximum Gasteiger partial charge on any atom is 0.337 e. The van der Waals surface area contributed by atoms with Crippen molar-refractivity contribution in [1.29, 1.82) is 0 Å². The zero-order valence-corrected chi connectivity index (χ0v) is 15.9. The number of hydrogen-bond donors (Lipinski definition) is 1. The zero-order chi connectivity index (χ0) is 19.2. The average Bonchev–Trinajstić information content (AvgIpc) is 3.40. The minimum Gasteiger partial charge on any atom is -0.465 e. The Morgan fingerprint density at radius 1 is 1.37 bits per heavy atom. The van der Waals surface area contributed by atoms with Gasteiger partial charge >= 0.3 is 5.97 Å². The first-order valence-electron chi connectivity index (χ1n) is 9.20. The van der Waals surface area contributed by atoms with Crippen LogP contribution in [0.15, 0.2) is 30.6 Å². The molecular formula is C20H24N4O3. The number of hydrogen-bond acceptors (Lipinski definition) is 5. The summed E-state index contributed by atoms with van der Waals surface area (Å²) in [6.45, 7) is 3.57. The van der Waals surface area contributed by atoms with Crippen molar-refractivity contribution < 1.29 is 14.3 Å². The van der Waals surface area contributed by atoms with E-state index in [9.17, 15) is 9.59 Å². The van der Waals surface area contributed by atoms with Crippen molar-refractivity contribution in [3.63, 3.8) is 0 Å². The fourth-order valence-electron chi connectivity index (χ4n) is 3.90. The van der Waals surface area contributed by atoms with Crippen LogP contribution >= 0.6 is 0 Å². The lowest BCUT2D eigenvalue weighted by Crippen LogP contribution is -2.40. The smallest absolute Gasteiger partial charge is 0.337 e. The number of amides is 1. The number of ether oxygens (including phenoxy) is 1. The zero-order valence-electron chi connectivity index (χ0n) is 15.9. The highest BCUT2D eigenvalue weighted by molar-refractivity contribution is 5.94. The number of carbonyl (C=O) groups is 2. The van der Waals surface area contributed by atoms with Gasteiger partial charge < -0.3 is 19.5 Å². The molecule has 0 spiro atoms. The molecule has 142 valence electrons. The van der Waals surface area contributed by atoms with E-state index in [1.165, 1.54) is 7.11 Å². The first kappa shape index (κ1) is 17.7. The number of esters is 1. The topological polar surface area (TPSA) is 76.5 Å². The Bertz CT molecular complexity index is 900. The molecular weight excluding hydrogens is 344 g/mol. The molecule has 7 heteroatoms. The van der Waals surface area contributed by atoms with Gasteiger partial charge in [-0.15, -0.1) is 0 Å². The van der Waals surface area contributed by atoms with E-state index >= 15 is 0 Å². The lowest BCUT2D eigenvalue weighted by atomic mass is 10.00. The summed E-state index contributed by atoms with van der Waals surface area (Å²) in [6, 6.07) is 7.72. The molecule has 2 aliphatic rings. The first-order valence-corrected chi connectivity index (χ1v) is 9.20. The van der Waals surface area contributed by atoms with Crippen molar-refractivity contribution in [1.82, 2.24) is 19.8 Å². The van der Waals surface area contributed by atoms with E-state index in [4.69, 9.17) is 4.74 Å². The molecule has 7 nitrogen and oxygen atoms in total. The summed E-state index contributed by atoms with van der Waals surface area (Å²) in [7, 11) is 3.19. The monoisotopic (exact) mass is 368 g/mol. The molecule has 4 rings (SSSR count). The van der Waals surface area contributed by atoms with Crippen molar-refractivity contribution in [2.75, 3.05) is 14.2 Å². The SMILES string of the molecule is COC(=O)c1cccc(C2(N(C)C(=O)c3ncn4c3CNC(C)C4)CC2)c1. The summed E-state index contributed by atoms with van der Waals surface area (Å²) in [5.74, 6) is -0.453. The molecule has 2 aromatic rings. The molecule has 1 amide bonds. The Hall–Kier alpha value is -2.67. The average molecular weight is 368 g/mol. The van der Waals surface area contributed by atoms with Crippen LogP contribution in [0.25, 0.3) is 0 Å². The second-order valence-electron chi connectivity index (χ2n) is 7.44. The van der Waals surface area contributed by atoms with Gasteiger partial charge in [0, 0.05) is 26.2 Å². The largest absolute Gasteiger partial charge is 0.465 e. The van der Waals surface area contributed by atoms with Crippen molar-refractivity contribution in [2.24, 2.45) is 0 Å². The Morgan fingerprint density at radius 2 is 2.15 bits per heavy atom. The van der Waals surface area contributed by atoms with Crippen LogP contribution in [0.4, 0.5) is 0 Å². The van der Waals surface area contributed by atoms with Crippen LogP contribution in [0, 0.1) is 0 Å². The summed E-state index contributed by atoms with van der Waals surface area (Å²) < 4.78 is 6.88. The Balaban J connectivity index is 1.62. The fourth-order valence-corrected chi connectivity index (χ4v) is 3.90. The Kier molecular flexibility index (Phi) is 4.26. The third-order valence-corrected chi connectivity index (χ3v) is 5.73. The highest BCUT2D eigenvalue weighted by Crippen LogP contribution is 2.51. The maximum atomic E-state index is 13.2. The normalized spacial score (nSPS) is 19.9. The molecule has 1 aliphatic carbocycles. The van der Waals surface area contributed by atoms with Gasteiger partial charge in [-0.25, -0.2) is 9.78 Å². The van der Waals surface area contributed by atoms with Gasteiger partial charge in [0.25, 0.3) is 5.91 Å². The van der Waals surface area contributed by atoms with Gasteiger partial charge in [0.2, 0.25) is 0 Å². The molecule has 2 heterocycles. The standard InChI is InChI=1S/C20H24N4O3/c1-13-11-24-12-22-17(16(24)10-21-13)18(25)23(2)20(7-8-20)15-6-4-5-14(9-15)19(26)27-3/h4-6,9,12-13,21H,7-8,10-11H2,1-3H3. The lowest BCUT2D eigenvalue weighted by Gasteiger charge is -2.29. The van der Waals surface area contributed by atoms with Crippen molar-refractivity contribution in [3.05, 3.63) is 53.1 Å². The Labute approximate surface area is 158 Å². The molecule has 1 atom stereocenters. The van der Waals surface area contributed by atoms with Crippen molar-refractivity contribution >= 4 is 11.9 Å². The fraction of sp³-hybridized carbons (Fsp3) is 0.450. The Morgan fingerprint density at radius 3 is 2.85 bits per heavy atom. The van der Waals surface area contributed by atoms with E-state index in [2.05, 4.69) is 21.8 Å². The molecule has 1 unspecified atom stereocenters. The van der Waals surface area contributed by atoms with Crippen LogP contribution in [-0.4, -0.2) is 46.5 Å². The summed E-state index contributed by atoms with van der Waals surface area (Å²) in [5.41, 5.74) is 2.52. The maximum absolute atomic E-state index is 13.2. The van der Waals surface area contributed by atoms with E-state index < -0.39 is 0 Å². The lowest BCUT2D eigenvalue weighted by molar-refractivity contribution is 0.0600. The molecule has 1 aromatic carbocycles. The summed E-state index contributed by atoms with van der Waals surface area (Å²) in [5, 5.41) is 3.39. The quantitative estimate of drug-likeness (QED) is 0.835. The third kappa shape index (κ3) is 2.92. The summed E-state index contributed by atoms with van der Waals surface area (Å²) >= 11 is 0. The minimum atomic E-state index is -0.382. The van der Waals surface area contributed by atoms with Crippen LogP contribution in [0.3, 0.4) is 0 Å². The number of imidazole rings is 1. The number of rotatable bonds is 4. The van der Waals surface area contributed by atoms with E-state index in [1.807, 2.05) is 25.2 Å². The minimum absolute atomic E-state index is 0.0823. The van der Waals surface area contributed by atoms with E-state index in [1.54, 1.807) is 17.3 Å². The highest BCUT2D eigenvalue weighted by Gasteiger charge is 2.50. The predicted molar refractivity (Wildman–Crippen MR) is 99.3 cm³/mol. The van der Waals surface area contributed by atoms with Gasteiger partial charge in [0.15, 0.2) is 5.69 Å². The van der Waals surface area contributed by atoms with Gasteiger partial charge in [-0.1, -0.05) is 12.1 Å². The van der Waals surface area contributed by atoms with Crippen LogP contribution in [0.2, 0.25) is 0 Å². The number of nitrogens with one attached hydrogen (secondary N) is 1. The molecule has 0 bridgehead atoms.